The van der Waals surface area contributed by atoms with Crippen LogP contribution in [0.4, 0.5) is 4.39 Å². The second-order valence-electron chi connectivity index (χ2n) is 7.55. The summed E-state index contributed by atoms with van der Waals surface area (Å²) >= 11 is 0. The lowest BCUT2D eigenvalue weighted by molar-refractivity contribution is 0.0759. The molecule has 0 spiro atoms. The minimum Gasteiger partial charge on any atom is -0.337 e. The first-order valence-corrected chi connectivity index (χ1v) is 9.90. The predicted molar refractivity (Wildman–Crippen MR) is 112 cm³/mol. The highest BCUT2D eigenvalue weighted by Gasteiger charge is 2.24. The number of hydrogen-bond donors (Lipinski definition) is 1. The van der Waals surface area contributed by atoms with Gasteiger partial charge in [-0.15, -0.1) is 0 Å². The van der Waals surface area contributed by atoms with E-state index < -0.39 is 0 Å². The van der Waals surface area contributed by atoms with Crippen LogP contribution in [0.25, 0.3) is 10.9 Å². The summed E-state index contributed by atoms with van der Waals surface area (Å²) in [6, 6.07) is 14.1. The van der Waals surface area contributed by atoms with E-state index in [2.05, 4.69) is 9.88 Å². The van der Waals surface area contributed by atoms with E-state index in [4.69, 9.17) is 0 Å². The van der Waals surface area contributed by atoms with Gasteiger partial charge in [-0.1, -0.05) is 30.3 Å². The largest absolute Gasteiger partial charge is 0.337 e. The summed E-state index contributed by atoms with van der Waals surface area (Å²) in [5, 5.41) is 0.892. The van der Waals surface area contributed by atoms with Crippen LogP contribution >= 0.6 is 0 Å². The topological polar surface area (TPSA) is 56.4 Å². The zero-order valence-corrected chi connectivity index (χ0v) is 16.5. The van der Waals surface area contributed by atoms with Crippen LogP contribution in [-0.4, -0.2) is 46.9 Å². The average Bonchev–Trinajstić information content (AvgIpc) is 2.95. The van der Waals surface area contributed by atoms with Gasteiger partial charge in [0.05, 0.1) is 0 Å². The third-order valence-corrected chi connectivity index (χ3v) is 5.59. The fourth-order valence-corrected chi connectivity index (χ4v) is 4.00. The van der Waals surface area contributed by atoms with Gasteiger partial charge in [-0.2, -0.15) is 0 Å². The Bertz CT molecular complexity index is 1090. The molecule has 1 aliphatic heterocycles. The number of aryl methyl sites for hydroxylation is 1. The van der Waals surface area contributed by atoms with E-state index in [1.807, 2.05) is 31.2 Å². The summed E-state index contributed by atoms with van der Waals surface area (Å²) in [6.07, 6.45) is 0.831. The lowest BCUT2D eigenvalue weighted by Crippen LogP contribution is -2.38. The van der Waals surface area contributed by atoms with Crippen molar-refractivity contribution in [2.75, 3.05) is 26.2 Å². The number of rotatable bonds is 3. The minimum atomic E-state index is -0.335. The summed E-state index contributed by atoms with van der Waals surface area (Å²) in [6.45, 7) is 5.30. The number of hydrogen-bond acceptors (Lipinski definition) is 3. The molecular weight excluding hydrogens is 369 g/mol. The van der Waals surface area contributed by atoms with Crippen LogP contribution in [0.2, 0.25) is 0 Å². The fourth-order valence-electron chi connectivity index (χ4n) is 4.00. The molecule has 2 aromatic carbocycles. The van der Waals surface area contributed by atoms with Gasteiger partial charge in [0.25, 0.3) is 11.5 Å². The Hall–Kier alpha value is -2.99. The Morgan fingerprint density at radius 1 is 1.03 bits per heavy atom. The van der Waals surface area contributed by atoms with E-state index in [1.54, 1.807) is 17.0 Å². The van der Waals surface area contributed by atoms with Crippen LogP contribution in [0, 0.1) is 12.7 Å². The van der Waals surface area contributed by atoms with Crippen LogP contribution in [0.5, 0.6) is 0 Å². The van der Waals surface area contributed by atoms with Crippen molar-refractivity contribution in [2.45, 2.75) is 19.9 Å². The van der Waals surface area contributed by atoms with Crippen molar-refractivity contribution in [2.24, 2.45) is 0 Å². The molecule has 1 aliphatic rings. The molecule has 0 unspecified atom stereocenters. The molecule has 0 saturated carbocycles. The number of nitrogens with zero attached hydrogens (tertiary/aromatic N) is 2. The van der Waals surface area contributed by atoms with Crippen molar-refractivity contribution < 1.29 is 9.18 Å². The Kier molecular flexibility index (Phi) is 5.45. The minimum absolute atomic E-state index is 0.210. The lowest BCUT2D eigenvalue weighted by Gasteiger charge is -2.22. The zero-order valence-electron chi connectivity index (χ0n) is 16.5. The molecular formula is C23H24FN3O2. The number of benzene rings is 2. The fraction of sp³-hybridized carbons (Fsp3) is 0.304. The van der Waals surface area contributed by atoms with Gasteiger partial charge in [-0.25, -0.2) is 4.39 Å². The predicted octanol–water partition coefficient (Wildman–Crippen LogP) is 3.32. The van der Waals surface area contributed by atoms with E-state index in [9.17, 15) is 14.0 Å². The van der Waals surface area contributed by atoms with Gasteiger partial charge in [-0.05, 0) is 42.7 Å². The number of pyridine rings is 1. The van der Waals surface area contributed by atoms with Crippen molar-refractivity contribution in [3.63, 3.8) is 0 Å². The number of carbonyl (C=O) groups excluding carboxylic acids is 1. The molecule has 1 amide bonds. The maximum absolute atomic E-state index is 13.2. The molecule has 29 heavy (non-hydrogen) atoms. The molecule has 6 heteroatoms. The van der Waals surface area contributed by atoms with Gasteiger partial charge in [-0.3, -0.25) is 14.5 Å². The number of halogens is 1. The standard InChI is InChI=1S/C23H24FN3O2/c1-16-19-5-2-3-6-20(19)25-22(28)21(16)23(29)27-12-4-11-26(13-14-27)15-17-7-9-18(24)10-8-17/h2-3,5-10H,4,11-15H2,1H3,(H,25,28). The second-order valence-corrected chi connectivity index (χ2v) is 7.55. The number of carbonyl (C=O) groups is 1. The molecule has 150 valence electrons. The Balaban J connectivity index is 1.51. The summed E-state index contributed by atoms with van der Waals surface area (Å²) in [5.74, 6) is -0.449. The third kappa shape index (κ3) is 4.07. The second kappa shape index (κ2) is 8.17. The van der Waals surface area contributed by atoms with Crippen LogP contribution in [-0.2, 0) is 6.54 Å². The number of para-hydroxylation sites is 1. The molecule has 1 saturated heterocycles. The van der Waals surface area contributed by atoms with Crippen molar-refractivity contribution in [1.82, 2.24) is 14.8 Å². The van der Waals surface area contributed by atoms with E-state index in [0.29, 0.717) is 19.6 Å². The van der Waals surface area contributed by atoms with Gasteiger partial charge >= 0.3 is 0 Å². The van der Waals surface area contributed by atoms with Crippen molar-refractivity contribution in [3.05, 3.63) is 81.4 Å². The molecule has 4 rings (SSSR count). The van der Waals surface area contributed by atoms with Crippen molar-refractivity contribution in [1.29, 1.82) is 0 Å². The zero-order chi connectivity index (χ0) is 20.4. The van der Waals surface area contributed by atoms with E-state index in [0.717, 1.165) is 41.5 Å². The number of fused-ring (bicyclic) bond motifs is 1. The molecule has 1 aromatic heterocycles. The highest BCUT2D eigenvalue weighted by molar-refractivity contribution is 5.99. The Labute approximate surface area is 168 Å². The van der Waals surface area contributed by atoms with Crippen molar-refractivity contribution >= 4 is 16.8 Å². The smallest absolute Gasteiger partial charge is 0.261 e. The van der Waals surface area contributed by atoms with Crippen LogP contribution in [0.1, 0.15) is 27.9 Å². The molecule has 0 radical (unpaired) electrons. The number of nitrogens with one attached hydrogen (secondary N) is 1. The lowest BCUT2D eigenvalue weighted by atomic mass is 10.0. The third-order valence-electron chi connectivity index (χ3n) is 5.59. The maximum atomic E-state index is 13.2. The molecule has 3 aromatic rings. The molecule has 0 bridgehead atoms. The first-order valence-electron chi connectivity index (χ1n) is 9.90. The number of aromatic amines is 1. The molecule has 1 fully saturated rings. The van der Waals surface area contributed by atoms with E-state index in [1.165, 1.54) is 12.1 Å². The SMILES string of the molecule is Cc1c(C(=O)N2CCCN(Cc3ccc(F)cc3)CC2)c(=O)[nH]c2ccccc12. The van der Waals surface area contributed by atoms with Crippen LogP contribution in [0.15, 0.2) is 53.3 Å². The summed E-state index contributed by atoms with van der Waals surface area (Å²) in [5.41, 5.74) is 2.41. The Morgan fingerprint density at radius 2 is 1.79 bits per heavy atom. The average molecular weight is 393 g/mol. The first kappa shape index (κ1) is 19.3. The van der Waals surface area contributed by atoms with Gasteiger partial charge in [0.2, 0.25) is 0 Å². The summed E-state index contributed by atoms with van der Waals surface area (Å²) < 4.78 is 13.1. The summed E-state index contributed by atoms with van der Waals surface area (Å²) in [4.78, 5) is 32.7. The Morgan fingerprint density at radius 3 is 2.59 bits per heavy atom. The first-order chi connectivity index (χ1) is 14.0. The number of aromatic nitrogens is 1. The highest BCUT2D eigenvalue weighted by Crippen LogP contribution is 2.19. The quantitative estimate of drug-likeness (QED) is 0.743. The number of amides is 1. The molecule has 5 nitrogen and oxygen atoms in total. The van der Waals surface area contributed by atoms with Gasteiger partial charge in [0.1, 0.15) is 11.4 Å². The van der Waals surface area contributed by atoms with Gasteiger partial charge < -0.3 is 9.88 Å². The molecule has 0 atom stereocenters. The number of H-pyrrole nitrogens is 1. The van der Waals surface area contributed by atoms with E-state index in [-0.39, 0.29) is 22.8 Å². The maximum Gasteiger partial charge on any atom is 0.261 e. The molecule has 2 heterocycles. The van der Waals surface area contributed by atoms with Crippen LogP contribution < -0.4 is 5.56 Å². The monoisotopic (exact) mass is 393 g/mol. The molecule has 1 N–H and O–H groups in total. The van der Waals surface area contributed by atoms with Gasteiger partial charge in [0.15, 0.2) is 0 Å². The van der Waals surface area contributed by atoms with Crippen LogP contribution in [0.3, 0.4) is 0 Å². The van der Waals surface area contributed by atoms with E-state index >= 15 is 0 Å². The van der Waals surface area contributed by atoms with Gasteiger partial charge in [0, 0.05) is 43.6 Å². The molecule has 0 aliphatic carbocycles. The summed E-state index contributed by atoms with van der Waals surface area (Å²) in [7, 11) is 0. The normalized spacial score (nSPS) is 15.4. The highest BCUT2D eigenvalue weighted by atomic mass is 19.1. The van der Waals surface area contributed by atoms with Crippen molar-refractivity contribution in [3.8, 4) is 0 Å².